The standard InChI is InChI=1S/C7H12S2/c1-3-4-7(2)8-5-6-9-7/h3H,1,4-6H2,2H3. The Hall–Kier alpha value is 0.440. The van der Waals surface area contributed by atoms with Gasteiger partial charge in [0.25, 0.3) is 0 Å². The molecule has 0 aromatic carbocycles. The number of rotatable bonds is 2. The Labute approximate surface area is 65.5 Å². The van der Waals surface area contributed by atoms with E-state index in [-0.39, 0.29) is 0 Å². The lowest BCUT2D eigenvalue weighted by Gasteiger charge is -2.18. The molecule has 0 spiro atoms. The van der Waals surface area contributed by atoms with Gasteiger partial charge in [-0.15, -0.1) is 30.1 Å². The SMILES string of the molecule is C=CCC1(C)SCCS1. The van der Waals surface area contributed by atoms with Crippen LogP contribution in [0.4, 0.5) is 0 Å². The zero-order chi connectivity index (χ0) is 6.74. The first-order chi connectivity index (χ1) is 4.27. The van der Waals surface area contributed by atoms with E-state index >= 15 is 0 Å². The quantitative estimate of drug-likeness (QED) is 0.570. The highest BCUT2D eigenvalue weighted by atomic mass is 32.2. The van der Waals surface area contributed by atoms with E-state index in [1.807, 2.05) is 6.08 Å². The van der Waals surface area contributed by atoms with Gasteiger partial charge in [-0.3, -0.25) is 0 Å². The Bertz CT molecular complexity index is 103. The second kappa shape index (κ2) is 3.02. The average molecular weight is 160 g/mol. The van der Waals surface area contributed by atoms with Crippen molar-refractivity contribution < 1.29 is 0 Å². The molecule has 0 unspecified atom stereocenters. The zero-order valence-electron chi connectivity index (χ0n) is 5.72. The highest BCUT2D eigenvalue weighted by Gasteiger charge is 2.28. The smallest absolute Gasteiger partial charge is 0.0617 e. The molecule has 1 saturated heterocycles. The van der Waals surface area contributed by atoms with Crippen LogP contribution in [0, 0.1) is 0 Å². The molecule has 0 saturated carbocycles. The lowest BCUT2D eigenvalue weighted by atomic mass is 10.3. The van der Waals surface area contributed by atoms with Crippen LogP contribution >= 0.6 is 23.5 Å². The number of allylic oxidation sites excluding steroid dienone is 1. The molecule has 0 aromatic rings. The van der Waals surface area contributed by atoms with Gasteiger partial charge < -0.3 is 0 Å². The molecular formula is C7H12S2. The van der Waals surface area contributed by atoms with E-state index in [1.54, 1.807) is 0 Å². The molecule has 1 rings (SSSR count). The van der Waals surface area contributed by atoms with Crippen molar-refractivity contribution in [3.05, 3.63) is 12.7 Å². The summed E-state index contributed by atoms with van der Waals surface area (Å²) >= 11 is 4.12. The summed E-state index contributed by atoms with van der Waals surface area (Å²) < 4.78 is 0.460. The highest BCUT2D eigenvalue weighted by molar-refractivity contribution is 8.21. The molecule has 9 heavy (non-hydrogen) atoms. The molecular weight excluding hydrogens is 148 g/mol. The van der Waals surface area contributed by atoms with Crippen molar-refractivity contribution in [1.29, 1.82) is 0 Å². The molecule has 0 amide bonds. The Balaban J connectivity index is 2.40. The van der Waals surface area contributed by atoms with Crippen LogP contribution in [0.1, 0.15) is 13.3 Å². The molecule has 0 atom stereocenters. The van der Waals surface area contributed by atoms with Crippen LogP contribution in [0.15, 0.2) is 12.7 Å². The molecule has 0 N–H and O–H groups in total. The normalized spacial score (nSPS) is 24.1. The molecule has 1 aliphatic heterocycles. The summed E-state index contributed by atoms with van der Waals surface area (Å²) in [5, 5.41) is 0. The monoisotopic (exact) mass is 160 g/mol. The average Bonchev–Trinajstić information content (AvgIpc) is 2.16. The van der Waals surface area contributed by atoms with E-state index in [1.165, 1.54) is 11.5 Å². The minimum Gasteiger partial charge on any atom is -0.143 e. The maximum atomic E-state index is 3.74. The first kappa shape index (κ1) is 7.55. The first-order valence-corrected chi connectivity index (χ1v) is 5.13. The third kappa shape index (κ3) is 1.94. The van der Waals surface area contributed by atoms with Crippen molar-refractivity contribution in [2.45, 2.75) is 17.4 Å². The second-order valence-electron chi connectivity index (χ2n) is 2.32. The molecule has 0 radical (unpaired) electrons. The van der Waals surface area contributed by atoms with Gasteiger partial charge in [0, 0.05) is 11.5 Å². The largest absolute Gasteiger partial charge is 0.143 e. The zero-order valence-corrected chi connectivity index (χ0v) is 7.36. The van der Waals surface area contributed by atoms with Crippen LogP contribution in [-0.4, -0.2) is 15.6 Å². The molecule has 1 fully saturated rings. The van der Waals surface area contributed by atoms with Crippen LogP contribution in [-0.2, 0) is 0 Å². The van der Waals surface area contributed by atoms with Gasteiger partial charge in [-0.1, -0.05) is 6.08 Å². The summed E-state index contributed by atoms with van der Waals surface area (Å²) in [6.45, 7) is 6.05. The summed E-state index contributed by atoms with van der Waals surface area (Å²) in [6.07, 6.45) is 3.16. The molecule has 1 aliphatic rings. The molecule has 2 heteroatoms. The predicted octanol–water partition coefficient (Wildman–Crippen LogP) is 2.76. The molecule has 52 valence electrons. The van der Waals surface area contributed by atoms with Gasteiger partial charge >= 0.3 is 0 Å². The third-order valence-electron chi connectivity index (χ3n) is 1.41. The van der Waals surface area contributed by atoms with Crippen LogP contribution in [0.3, 0.4) is 0 Å². The van der Waals surface area contributed by atoms with Gasteiger partial charge in [-0.2, -0.15) is 0 Å². The topological polar surface area (TPSA) is 0 Å². The van der Waals surface area contributed by atoms with Gasteiger partial charge in [0.2, 0.25) is 0 Å². The van der Waals surface area contributed by atoms with E-state index < -0.39 is 0 Å². The Morgan fingerprint density at radius 1 is 1.56 bits per heavy atom. The van der Waals surface area contributed by atoms with Crippen molar-refractivity contribution in [2.24, 2.45) is 0 Å². The number of hydrogen-bond acceptors (Lipinski definition) is 2. The fourth-order valence-electron chi connectivity index (χ4n) is 0.937. The van der Waals surface area contributed by atoms with Gasteiger partial charge in [-0.25, -0.2) is 0 Å². The third-order valence-corrected chi connectivity index (χ3v) is 4.75. The van der Waals surface area contributed by atoms with E-state index in [2.05, 4.69) is 37.0 Å². The summed E-state index contributed by atoms with van der Waals surface area (Å²) in [4.78, 5) is 0. The van der Waals surface area contributed by atoms with Crippen LogP contribution < -0.4 is 0 Å². The molecule has 0 nitrogen and oxygen atoms in total. The molecule has 1 heterocycles. The summed E-state index contributed by atoms with van der Waals surface area (Å²) in [5.74, 6) is 2.63. The summed E-state index contributed by atoms with van der Waals surface area (Å²) in [6, 6.07) is 0. The van der Waals surface area contributed by atoms with Crippen molar-refractivity contribution in [2.75, 3.05) is 11.5 Å². The van der Waals surface area contributed by atoms with Crippen LogP contribution in [0.25, 0.3) is 0 Å². The van der Waals surface area contributed by atoms with E-state index in [0.29, 0.717) is 4.08 Å². The van der Waals surface area contributed by atoms with Crippen molar-refractivity contribution in [3.8, 4) is 0 Å². The number of thioether (sulfide) groups is 2. The lowest BCUT2D eigenvalue weighted by molar-refractivity contribution is 0.923. The van der Waals surface area contributed by atoms with Gasteiger partial charge in [0.1, 0.15) is 0 Å². The Morgan fingerprint density at radius 3 is 2.56 bits per heavy atom. The predicted molar refractivity (Wildman–Crippen MR) is 48.1 cm³/mol. The van der Waals surface area contributed by atoms with Gasteiger partial charge in [-0.05, 0) is 13.3 Å². The molecule has 0 bridgehead atoms. The number of hydrogen-bond donors (Lipinski definition) is 0. The highest BCUT2D eigenvalue weighted by Crippen LogP contribution is 2.45. The van der Waals surface area contributed by atoms with Crippen LogP contribution in [0.5, 0.6) is 0 Å². The van der Waals surface area contributed by atoms with Gasteiger partial charge in [0.05, 0.1) is 4.08 Å². The van der Waals surface area contributed by atoms with Crippen LogP contribution in [0.2, 0.25) is 0 Å². The minimum atomic E-state index is 0.460. The second-order valence-corrected chi connectivity index (χ2v) is 5.78. The maximum absolute atomic E-state index is 3.74. The fraction of sp³-hybridized carbons (Fsp3) is 0.714. The van der Waals surface area contributed by atoms with Gasteiger partial charge in [0.15, 0.2) is 0 Å². The van der Waals surface area contributed by atoms with Crippen molar-refractivity contribution in [1.82, 2.24) is 0 Å². The van der Waals surface area contributed by atoms with E-state index in [4.69, 9.17) is 0 Å². The Morgan fingerprint density at radius 2 is 2.11 bits per heavy atom. The lowest BCUT2D eigenvalue weighted by Crippen LogP contribution is -2.08. The van der Waals surface area contributed by atoms with Crippen molar-refractivity contribution in [3.63, 3.8) is 0 Å². The first-order valence-electron chi connectivity index (χ1n) is 3.16. The van der Waals surface area contributed by atoms with E-state index in [9.17, 15) is 0 Å². The molecule has 0 aliphatic carbocycles. The summed E-state index contributed by atoms with van der Waals surface area (Å²) in [7, 11) is 0. The summed E-state index contributed by atoms with van der Waals surface area (Å²) in [5.41, 5.74) is 0. The van der Waals surface area contributed by atoms with E-state index in [0.717, 1.165) is 6.42 Å². The minimum absolute atomic E-state index is 0.460. The fourth-order valence-corrected chi connectivity index (χ4v) is 3.77. The Kier molecular flexibility index (Phi) is 2.53. The van der Waals surface area contributed by atoms with Crippen molar-refractivity contribution >= 4 is 23.5 Å². The molecule has 0 aromatic heterocycles. The maximum Gasteiger partial charge on any atom is 0.0617 e.